The molecule has 4 heterocycles. The molecule has 2 saturated heterocycles. The van der Waals surface area contributed by atoms with Gasteiger partial charge in [0, 0.05) is 19.1 Å². The van der Waals surface area contributed by atoms with E-state index in [-0.39, 0.29) is 24.4 Å². The Bertz CT molecular complexity index is 808. The van der Waals surface area contributed by atoms with Crippen molar-refractivity contribution in [1.29, 1.82) is 0 Å². The molecular weight excluding hydrogens is 340 g/mol. The van der Waals surface area contributed by atoms with Gasteiger partial charge in [-0.15, -0.1) is 11.3 Å². The Morgan fingerprint density at radius 2 is 2.08 bits per heavy atom. The first-order chi connectivity index (χ1) is 12.1. The summed E-state index contributed by atoms with van der Waals surface area (Å²) in [6.07, 6.45) is 4.94. The van der Waals surface area contributed by atoms with Gasteiger partial charge >= 0.3 is 5.97 Å². The Morgan fingerprint density at radius 3 is 2.92 bits per heavy atom. The average molecular weight is 360 g/mol. The van der Waals surface area contributed by atoms with Crippen LogP contribution in [-0.4, -0.2) is 57.0 Å². The number of carboxylic acid groups (broad SMARTS) is 1. The van der Waals surface area contributed by atoms with Gasteiger partial charge in [0.25, 0.3) is 0 Å². The largest absolute Gasteiger partial charge is 0.481 e. The minimum atomic E-state index is -0.844. The number of aliphatic carboxylic acids is 1. The van der Waals surface area contributed by atoms with Crippen molar-refractivity contribution in [3.8, 4) is 0 Å². The summed E-state index contributed by atoms with van der Waals surface area (Å²) in [5.41, 5.74) is 0. The van der Waals surface area contributed by atoms with E-state index in [1.807, 2.05) is 11.4 Å². The van der Waals surface area contributed by atoms with Gasteiger partial charge in [-0.3, -0.25) is 9.59 Å². The number of carbonyl (C=O) groups is 2. The van der Waals surface area contributed by atoms with E-state index < -0.39 is 5.97 Å². The third kappa shape index (κ3) is 2.95. The molecule has 8 heteroatoms. The van der Waals surface area contributed by atoms with Crippen LogP contribution in [0.1, 0.15) is 32.1 Å². The van der Waals surface area contributed by atoms with Crippen LogP contribution in [0.15, 0.2) is 17.8 Å². The average Bonchev–Trinajstić information content (AvgIpc) is 3.33. The van der Waals surface area contributed by atoms with Crippen LogP contribution in [0.3, 0.4) is 0 Å². The number of anilines is 1. The summed E-state index contributed by atoms with van der Waals surface area (Å²) >= 11 is 1.56. The van der Waals surface area contributed by atoms with E-state index in [1.54, 1.807) is 22.6 Å². The molecule has 132 valence electrons. The van der Waals surface area contributed by atoms with Crippen molar-refractivity contribution >= 4 is 39.2 Å². The normalized spacial score (nSPS) is 23.5. The lowest BCUT2D eigenvalue weighted by molar-refractivity contribution is -0.140. The zero-order valence-electron chi connectivity index (χ0n) is 13.8. The summed E-state index contributed by atoms with van der Waals surface area (Å²) in [5.74, 6) is 0.0167. The Hall–Kier alpha value is -2.22. The zero-order chi connectivity index (χ0) is 17.4. The van der Waals surface area contributed by atoms with Crippen LogP contribution in [0.5, 0.6) is 0 Å². The number of thiophene rings is 1. The molecule has 2 aromatic rings. The highest BCUT2D eigenvalue weighted by Crippen LogP contribution is 2.33. The summed E-state index contributed by atoms with van der Waals surface area (Å²) in [5, 5.41) is 12.1. The second-order valence-electron chi connectivity index (χ2n) is 6.61. The minimum absolute atomic E-state index is 0.0285. The molecule has 25 heavy (non-hydrogen) atoms. The maximum Gasteiger partial charge on any atom is 0.305 e. The lowest BCUT2D eigenvalue weighted by Gasteiger charge is -2.31. The molecule has 1 amide bonds. The highest BCUT2D eigenvalue weighted by Gasteiger charge is 2.39. The molecule has 0 radical (unpaired) electrons. The Labute approximate surface area is 149 Å². The van der Waals surface area contributed by atoms with E-state index in [2.05, 4.69) is 14.9 Å². The fraction of sp³-hybridized carbons (Fsp3) is 0.529. The van der Waals surface area contributed by atoms with E-state index in [0.717, 1.165) is 48.3 Å². The van der Waals surface area contributed by atoms with Crippen molar-refractivity contribution in [2.75, 3.05) is 18.0 Å². The fourth-order valence-electron chi connectivity index (χ4n) is 4.01. The van der Waals surface area contributed by atoms with Gasteiger partial charge in [0.15, 0.2) is 0 Å². The number of likely N-dealkylation sites (tertiary alicyclic amines) is 1. The number of hydrogen-bond donors (Lipinski definition) is 1. The summed E-state index contributed by atoms with van der Waals surface area (Å²) in [4.78, 5) is 37.7. The highest BCUT2D eigenvalue weighted by atomic mass is 32.1. The minimum Gasteiger partial charge on any atom is -0.481 e. The van der Waals surface area contributed by atoms with E-state index in [1.165, 1.54) is 0 Å². The molecule has 2 aliphatic rings. The van der Waals surface area contributed by atoms with Crippen LogP contribution in [0.25, 0.3) is 10.2 Å². The summed E-state index contributed by atoms with van der Waals surface area (Å²) in [6.45, 7) is 1.44. The number of aromatic nitrogens is 2. The molecule has 4 rings (SSSR count). The highest BCUT2D eigenvalue weighted by molar-refractivity contribution is 7.16. The molecule has 2 unspecified atom stereocenters. The fourth-order valence-corrected chi connectivity index (χ4v) is 4.74. The number of carbonyl (C=O) groups excluding carboxylic acids is 1. The monoisotopic (exact) mass is 360 g/mol. The van der Waals surface area contributed by atoms with Crippen LogP contribution < -0.4 is 4.90 Å². The quantitative estimate of drug-likeness (QED) is 0.899. The maximum absolute atomic E-state index is 13.1. The number of amides is 1. The predicted octanol–water partition coefficient (Wildman–Crippen LogP) is 2.13. The molecule has 2 atom stereocenters. The van der Waals surface area contributed by atoms with Crippen LogP contribution in [-0.2, 0) is 9.59 Å². The molecule has 0 bridgehead atoms. The summed E-state index contributed by atoms with van der Waals surface area (Å²) in [6, 6.07) is 1.56. The van der Waals surface area contributed by atoms with Crippen LogP contribution >= 0.6 is 11.3 Å². The van der Waals surface area contributed by atoms with Crippen molar-refractivity contribution in [2.24, 2.45) is 0 Å². The molecule has 0 aliphatic carbocycles. The summed E-state index contributed by atoms with van der Waals surface area (Å²) < 4.78 is 0. The van der Waals surface area contributed by atoms with Gasteiger partial charge in [0.05, 0.1) is 11.8 Å². The third-order valence-corrected chi connectivity index (χ3v) is 5.94. The Morgan fingerprint density at radius 1 is 1.24 bits per heavy atom. The smallest absolute Gasteiger partial charge is 0.305 e. The Balaban J connectivity index is 1.60. The maximum atomic E-state index is 13.1. The van der Waals surface area contributed by atoms with Gasteiger partial charge in [-0.1, -0.05) is 0 Å². The van der Waals surface area contributed by atoms with Gasteiger partial charge in [0.2, 0.25) is 5.91 Å². The first-order valence-corrected chi connectivity index (χ1v) is 9.50. The molecule has 2 aliphatic heterocycles. The molecule has 0 aromatic carbocycles. The second-order valence-corrected chi connectivity index (χ2v) is 7.51. The van der Waals surface area contributed by atoms with E-state index in [9.17, 15) is 9.59 Å². The van der Waals surface area contributed by atoms with E-state index in [0.29, 0.717) is 6.54 Å². The molecule has 2 aromatic heterocycles. The van der Waals surface area contributed by atoms with E-state index >= 15 is 0 Å². The van der Waals surface area contributed by atoms with Gasteiger partial charge in [-0.05, 0) is 37.1 Å². The number of rotatable bonds is 4. The molecule has 0 saturated carbocycles. The van der Waals surface area contributed by atoms with Gasteiger partial charge < -0.3 is 14.9 Å². The lowest BCUT2D eigenvalue weighted by Crippen LogP contribution is -2.48. The van der Waals surface area contributed by atoms with Crippen molar-refractivity contribution in [2.45, 2.75) is 44.2 Å². The lowest BCUT2D eigenvalue weighted by atomic mass is 10.1. The summed E-state index contributed by atoms with van der Waals surface area (Å²) in [7, 11) is 0. The standard InChI is InChI=1S/C17H20N4O3S/c22-14(23)9-11-3-1-6-20(11)17(24)13-4-2-7-21(13)15-12-5-8-25-16(12)19-10-18-15/h5,8,10-11,13H,1-4,6-7,9H2,(H,22,23). The predicted molar refractivity (Wildman–Crippen MR) is 94.8 cm³/mol. The molecule has 1 N–H and O–H groups in total. The number of carboxylic acids is 1. The molecule has 7 nitrogen and oxygen atoms in total. The van der Waals surface area contributed by atoms with Crippen molar-refractivity contribution in [3.63, 3.8) is 0 Å². The first-order valence-electron chi connectivity index (χ1n) is 8.62. The molecule has 0 spiro atoms. The number of nitrogens with zero attached hydrogens (tertiary/aromatic N) is 4. The van der Waals surface area contributed by atoms with Gasteiger partial charge in [-0.2, -0.15) is 0 Å². The van der Waals surface area contributed by atoms with Crippen LogP contribution in [0.4, 0.5) is 5.82 Å². The van der Waals surface area contributed by atoms with Gasteiger partial charge in [-0.25, -0.2) is 9.97 Å². The van der Waals surface area contributed by atoms with Crippen LogP contribution in [0, 0.1) is 0 Å². The SMILES string of the molecule is O=C(O)CC1CCCN1C(=O)C1CCCN1c1ncnc2sccc12. The van der Waals surface area contributed by atoms with Crippen molar-refractivity contribution in [1.82, 2.24) is 14.9 Å². The van der Waals surface area contributed by atoms with Crippen molar-refractivity contribution in [3.05, 3.63) is 17.8 Å². The Kier molecular flexibility index (Phi) is 4.29. The molecular formula is C17H20N4O3S. The van der Waals surface area contributed by atoms with E-state index in [4.69, 9.17) is 5.11 Å². The second kappa shape index (κ2) is 6.59. The number of hydrogen-bond acceptors (Lipinski definition) is 6. The topological polar surface area (TPSA) is 86.6 Å². The van der Waals surface area contributed by atoms with Crippen molar-refractivity contribution < 1.29 is 14.7 Å². The third-order valence-electron chi connectivity index (χ3n) is 5.12. The first kappa shape index (κ1) is 16.3. The molecule has 2 fully saturated rings. The van der Waals surface area contributed by atoms with Crippen LogP contribution in [0.2, 0.25) is 0 Å². The zero-order valence-corrected chi connectivity index (χ0v) is 14.6. The number of fused-ring (bicyclic) bond motifs is 1. The van der Waals surface area contributed by atoms with Gasteiger partial charge in [0.1, 0.15) is 23.0 Å².